The van der Waals surface area contributed by atoms with Crippen LogP contribution in [0.1, 0.15) is 73.1 Å². The maximum Gasteiger partial charge on any atom is 0.303 e. The third-order valence-corrected chi connectivity index (χ3v) is 8.64. The average molecular weight is 447 g/mol. The lowest BCUT2D eigenvalue weighted by Crippen LogP contribution is -2.61. The van der Waals surface area contributed by atoms with E-state index < -0.39 is 17.6 Å². The molecule has 0 heterocycles. The first-order valence-corrected chi connectivity index (χ1v) is 11.7. The molecule has 0 amide bonds. The third kappa shape index (κ3) is 3.67. The van der Waals surface area contributed by atoms with Gasteiger partial charge in [0.2, 0.25) is 0 Å². The fraction of sp³-hybridized carbons (Fsp3) is 0.760. The van der Waals surface area contributed by atoms with Crippen LogP contribution in [-0.2, 0) is 33.4 Å². The van der Waals surface area contributed by atoms with Crippen LogP contribution < -0.4 is 0 Å². The molecule has 0 saturated heterocycles. The van der Waals surface area contributed by atoms with Crippen LogP contribution in [0.25, 0.3) is 0 Å². The Labute approximate surface area is 189 Å². The van der Waals surface area contributed by atoms with Crippen LogP contribution in [0.2, 0.25) is 0 Å². The first-order chi connectivity index (χ1) is 15.0. The van der Waals surface area contributed by atoms with E-state index in [1.807, 2.05) is 13.0 Å². The van der Waals surface area contributed by atoms with Gasteiger partial charge < -0.3 is 14.2 Å². The second-order valence-corrected chi connectivity index (χ2v) is 10.6. The van der Waals surface area contributed by atoms with Gasteiger partial charge in [-0.15, -0.1) is 0 Å². The van der Waals surface area contributed by atoms with Crippen molar-refractivity contribution in [1.29, 1.82) is 0 Å². The number of Topliss-reactive ketones (excluding diaryl/α,β-unsaturated/α-hetero) is 1. The van der Waals surface area contributed by atoms with Crippen molar-refractivity contribution >= 4 is 23.7 Å². The Kier molecular flexibility index (Phi) is 5.74. The molecule has 8 unspecified atom stereocenters. The van der Waals surface area contributed by atoms with E-state index in [2.05, 4.69) is 6.92 Å². The molecule has 0 N–H and O–H groups in total. The van der Waals surface area contributed by atoms with Gasteiger partial charge in [-0.3, -0.25) is 19.2 Å². The average Bonchev–Trinajstić information content (AvgIpc) is 2.95. The van der Waals surface area contributed by atoms with Crippen LogP contribution >= 0.6 is 0 Å². The molecule has 8 atom stereocenters. The predicted molar refractivity (Wildman–Crippen MR) is 114 cm³/mol. The van der Waals surface area contributed by atoms with Gasteiger partial charge >= 0.3 is 17.9 Å². The molecule has 7 heteroatoms. The first kappa shape index (κ1) is 23.0. The molecule has 4 aliphatic carbocycles. The van der Waals surface area contributed by atoms with Gasteiger partial charge in [0.25, 0.3) is 0 Å². The molecular formula is C25H34O7. The molecule has 3 fully saturated rings. The Balaban J connectivity index is 1.81. The van der Waals surface area contributed by atoms with E-state index in [-0.39, 0.29) is 53.0 Å². The van der Waals surface area contributed by atoms with Crippen LogP contribution in [-0.4, -0.2) is 42.0 Å². The quantitative estimate of drug-likeness (QED) is 0.372. The largest absolute Gasteiger partial charge is 0.462 e. The van der Waals surface area contributed by atoms with E-state index in [0.717, 1.165) is 24.8 Å². The predicted octanol–water partition coefficient (Wildman–Crippen LogP) is 3.53. The molecule has 4 rings (SSSR count). The highest BCUT2D eigenvalue weighted by Crippen LogP contribution is 2.65. The highest BCUT2D eigenvalue weighted by atomic mass is 16.6. The second kappa shape index (κ2) is 7.99. The normalized spacial score (nSPS) is 42.7. The molecule has 3 saturated carbocycles. The van der Waals surface area contributed by atoms with E-state index in [1.54, 1.807) is 0 Å². The van der Waals surface area contributed by atoms with E-state index in [9.17, 15) is 19.2 Å². The molecule has 32 heavy (non-hydrogen) atoms. The lowest BCUT2D eigenvalue weighted by molar-refractivity contribution is -0.189. The molecule has 176 valence electrons. The number of carbonyl (C=O) groups is 4. The van der Waals surface area contributed by atoms with Crippen LogP contribution in [0.4, 0.5) is 0 Å². The molecule has 0 radical (unpaired) electrons. The highest BCUT2D eigenvalue weighted by molar-refractivity contribution is 5.87. The smallest absolute Gasteiger partial charge is 0.303 e. The standard InChI is InChI=1S/C25H34O7/c1-13(26)30-17-8-9-24(4)16(10-17)11-19(31-14(2)27)22-18-6-7-21(29)25(18,5)12-20(23(22)24)32-15(3)28/h11,17-20,22-23H,6-10,12H2,1-5H3. The minimum Gasteiger partial charge on any atom is -0.462 e. The van der Waals surface area contributed by atoms with Crippen molar-refractivity contribution in [3.05, 3.63) is 11.6 Å². The minimum atomic E-state index is -0.587. The summed E-state index contributed by atoms with van der Waals surface area (Å²) < 4.78 is 17.2. The zero-order valence-electron chi connectivity index (χ0n) is 19.6. The first-order valence-electron chi connectivity index (χ1n) is 11.7. The Bertz CT molecular complexity index is 876. The molecule has 0 aromatic heterocycles. The summed E-state index contributed by atoms with van der Waals surface area (Å²) in [5.41, 5.74) is 0.217. The lowest BCUT2D eigenvalue weighted by Gasteiger charge is -2.60. The maximum absolute atomic E-state index is 13.0. The minimum absolute atomic E-state index is 0.0666. The highest BCUT2D eigenvalue weighted by Gasteiger charge is 2.65. The fourth-order valence-electron chi connectivity index (χ4n) is 7.41. The topological polar surface area (TPSA) is 96.0 Å². The van der Waals surface area contributed by atoms with E-state index in [1.165, 1.54) is 20.8 Å². The van der Waals surface area contributed by atoms with Crippen molar-refractivity contribution in [2.24, 2.45) is 28.6 Å². The van der Waals surface area contributed by atoms with E-state index in [0.29, 0.717) is 19.3 Å². The van der Waals surface area contributed by atoms with Gasteiger partial charge in [-0.05, 0) is 43.1 Å². The van der Waals surface area contributed by atoms with Crippen LogP contribution in [0.3, 0.4) is 0 Å². The molecule has 0 bridgehead atoms. The summed E-state index contributed by atoms with van der Waals surface area (Å²) in [5, 5.41) is 0. The summed E-state index contributed by atoms with van der Waals surface area (Å²) in [5.74, 6) is -0.943. The van der Waals surface area contributed by atoms with Gasteiger partial charge in [0.1, 0.15) is 24.1 Å². The number of hydrogen-bond acceptors (Lipinski definition) is 7. The van der Waals surface area contributed by atoms with E-state index in [4.69, 9.17) is 14.2 Å². The molecule has 0 aromatic rings. The Morgan fingerprint density at radius 1 is 0.938 bits per heavy atom. The number of carbonyl (C=O) groups excluding carboxylic acids is 4. The molecule has 0 aliphatic heterocycles. The summed E-state index contributed by atoms with van der Waals surface area (Å²) >= 11 is 0. The number of ketones is 1. The molecule has 4 aliphatic rings. The summed E-state index contributed by atoms with van der Waals surface area (Å²) in [6, 6.07) is 0. The summed E-state index contributed by atoms with van der Waals surface area (Å²) in [7, 11) is 0. The summed E-state index contributed by atoms with van der Waals surface area (Å²) in [4.78, 5) is 48.7. The molecular weight excluding hydrogens is 412 g/mol. The van der Waals surface area contributed by atoms with Crippen LogP contribution in [0, 0.1) is 28.6 Å². The zero-order chi connectivity index (χ0) is 23.4. The maximum atomic E-state index is 13.0. The van der Waals surface area contributed by atoms with Crippen molar-refractivity contribution in [3.8, 4) is 0 Å². The van der Waals surface area contributed by atoms with Gasteiger partial charge in [-0.1, -0.05) is 19.4 Å². The summed E-state index contributed by atoms with van der Waals surface area (Å²) in [6.45, 7) is 8.40. The van der Waals surface area contributed by atoms with Crippen LogP contribution in [0.5, 0.6) is 0 Å². The molecule has 0 spiro atoms. The number of ether oxygens (including phenoxy) is 3. The molecule has 0 aromatic carbocycles. The van der Waals surface area contributed by atoms with Crippen molar-refractivity contribution in [2.75, 3.05) is 0 Å². The summed E-state index contributed by atoms with van der Waals surface area (Å²) in [6.07, 6.45) is 4.74. The van der Waals surface area contributed by atoms with Crippen molar-refractivity contribution < 1.29 is 33.4 Å². The number of rotatable bonds is 3. The SMILES string of the molecule is CC(=O)OC1CCC2(C)C(=CC(OC(C)=O)C3C4CCC(=O)C4(C)CC(OC(C)=O)C32)C1. The lowest BCUT2D eigenvalue weighted by atomic mass is 9.46. The van der Waals surface area contributed by atoms with Crippen LogP contribution in [0.15, 0.2) is 11.6 Å². The van der Waals surface area contributed by atoms with Gasteiger partial charge in [0.15, 0.2) is 0 Å². The number of hydrogen-bond donors (Lipinski definition) is 0. The Morgan fingerprint density at radius 2 is 1.59 bits per heavy atom. The van der Waals surface area contributed by atoms with Crippen molar-refractivity contribution in [1.82, 2.24) is 0 Å². The monoisotopic (exact) mass is 446 g/mol. The number of esters is 3. The van der Waals surface area contributed by atoms with Gasteiger partial charge in [0, 0.05) is 50.9 Å². The van der Waals surface area contributed by atoms with Gasteiger partial charge in [-0.25, -0.2) is 0 Å². The Hall–Kier alpha value is -2.18. The van der Waals surface area contributed by atoms with Gasteiger partial charge in [0.05, 0.1) is 0 Å². The van der Waals surface area contributed by atoms with Crippen molar-refractivity contribution in [3.63, 3.8) is 0 Å². The molecule has 7 nitrogen and oxygen atoms in total. The fourth-order valence-corrected chi connectivity index (χ4v) is 7.41. The van der Waals surface area contributed by atoms with Gasteiger partial charge in [-0.2, -0.15) is 0 Å². The zero-order valence-corrected chi connectivity index (χ0v) is 19.6. The second-order valence-electron chi connectivity index (χ2n) is 10.6. The number of fused-ring (bicyclic) bond motifs is 5. The van der Waals surface area contributed by atoms with Crippen molar-refractivity contribution in [2.45, 2.75) is 91.5 Å². The third-order valence-electron chi connectivity index (χ3n) is 8.64. The van der Waals surface area contributed by atoms with E-state index >= 15 is 0 Å². The Morgan fingerprint density at radius 3 is 2.22 bits per heavy atom.